The predicted molar refractivity (Wildman–Crippen MR) is 115 cm³/mol. The van der Waals surface area contributed by atoms with Crippen molar-refractivity contribution in [2.75, 3.05) is 18.5 Å². The van der Waals surface area contributed by atoms with Crippen molar-refractivity contribution in [1.82, 2.24) is 10.0 Å². The van der Waals surface area contributed by atoms with E-state index in [4.69, 9.17) is 0 Å². The van der Waals surface area contributed by atoms with Crippen LogP contribution in [0.15, 0.2) is 53.5 Å². The van der Waals surface area contributed by atoms with Crippen LogP contribution < -0.4 is 14.9 Å². The van der Waals surface area contributed by atoms with E-state index in [1.54, 1.807) is 7.05 Å². The Labute approximate surface area is 167 Å². The first-order valence-corrected chi connectivity index (χ1v) is 11.2. The van der Waals surface area contributed by atoms with Crippen LogP contribution in [-0.4, -0.2) is 34.0 Å². The highest BCUT2D eigenvalue weighted by molar-refractivity contribution is 7.88. The molecule has 0 saturated heterocycles. The summed E-state index contributed by atoms with van der Waals surface area (Å²) in [6.45, 7) is 5.04. The van der Waals surface area contributed by atoms with Gasteiger partial charge in [0.15, 0.2) is 5.96 Å². The van der Waals surface area contributed by atoms with E-state index in [1.807, 2.05) is 44.2 Å². The summed E-state index contributed by atoms with van der Waals surface area (Å²) in [5.74, 6) is 0.761. The molecule has 0 saturated carbocycles. The number of rotatable bonds is 6. The Bertz CT molecular complexity index is 954. The van der Waals surface area contributed by atoms with Gasteiger partial charge in [-0.15, -0.1) is 0 Å². The van der Waals surface area contributed by atoms with E-state index in [9.17, 15) is 8.42 Å². The van der Waals surface area contributed by atoms with Crippen LogP contribution in [0.5, 0.6) is 0 Å². The predicted octanol–water partition coefficient (Wildman–Crippen LogP) is 2.65. The number of fused-ring (bicyclic) bond motifs is 1. The lowest BCUT2D eigenvalue weighted by atomic mass is 10.1. The average Bonchev–Trinajstić information content (AvgIpc) is 3.06. The van der Waals surface area contributed by atoms with Crippen molar-refractivity contribution in [3.05, 3.63) is 65.2 Å². The van der Waals surface area contributed by atoms with Gasteiger partial charge in [-0.2, -0.15) is 0 Å². The number of sulfonamides is 1. The molecule has 2 N–H and O–H groups in total. The molecule has 1 aliphatic heterocycles. The van der Waals surface area contributed by atoms with Gasteiger partial charge < -0.3 is 10.2 Å². The summed E-state index contributed by atoms with van der Waals surface area (Å²) in [6, 6.07) is 15.8. The Hall–Kier alpha value is -2.38. The largest absolute Gasteiger partial charge is 0.352 e. The van der Waals surface area contributed by atoms with Crippen molar-refractivity contribution >= 4 is 21.7 Å². The minimum absolute atomic E-state index is 0.0335. The molecule has 2 aromatic rings. The Morgan fingerprint density at radius 3 is 2.50 bits per heavy atom. The van der Waals surface area contributed by atoms with E-state index in [-0.39, 0.29) is 11.8 Å². The molecule has 0 spiro atoms. The third kappa shape index (κ3) is 4.91. The van der Waals surface area contributed by atoms with Crippen LogP contribution >= 0.6 is 0 Å². The molecule has 1 heterocycles. The fraction of sp³-hybridized carbons (Fsp3) is 0.381. The lowest BCUT2D eigenvalue weighted by Gasteiger charge is -2.23. The maximum atomic E-state index is 12.3. The van der Waals surface area contributed by atoms with Crippen molar-refractivity contribution < 1.29 is 8.42 Å². The number of aliphatic imine (C=N–C) groups is 1. The second-order valence-electron chi connectivity index (χ2n) is 7.23. The second-order valence-corrected chi connectivity index (χ2v) is 8.99. The van der Waals surface area contributed by atoms with E-state index in [0.29, 0.717) is 6.54 Å². The van der Waals surface area contributed by atoms with E-state index in [2.05, 4.69) is 38.1 Å². The monoisotopic (exact) mass is 400 g/mol. The molecule has 1 aliphatic rings. The molecule has 0 amide bonds. The maximum Gasteiger partial charge on any atom is 0.216 e. The highest BCUT2D eigenvalue weighted by atomic mass is 32.2. The highest BCUT2D eigenvalue weighted by Crippen LogP contribution is 2.27. The summed E-state index contributed by atoms with van der Waals surface area (Å²) in [6.07, 6.45) is 0.993. The van der Waals surface area contributed by atoms with Gasteiger partial charge in [-0.1, -0.05) is 42.5 Å². The minimum Gasteiger partial charge on any atom is -0.352 e. The van der Waals surface area contributed by atoms with E-state index in [0.717, 1.165) is 30.1 Å². The molecule has 0 unspecified atom stereocenters. The standard InChI is InChI=1S/C21H28N4O2S/c1-16(2)24-28(26,27)15-19-10-5-4-9-18(19)14-23-21(22-3)25-13-12-17-8-6-7-11-20(17)25/h4-11,16,24H,12-15H2,1-3H3,(H,22,23). The number of hydrogen-bond acceptors (Lipinski definition) is 3. The zero-order chi connectivity index (χ0) is 20.1. The third-order valence-electron chi connectivity index (χ3n) is 4.67. The molecule has 150 valence electrons. The first-order chi connectivity index (χ1) is 13.4. The fourth-order valence-electron chi connectivity index (χ4n) is 3.50. The molecule has 0 radical (unpaired) electrons. The maximum absolute atomic E-state index is 12.3. The van der Waals surface area contributed by atoms with Gasteiger partial charge in [0.2, 0.25) is 10.0 Å². The topological polar surface area (TPSA) is 73.8 Å². The minimum atomic E-state index is -3.37. The molecule has 3 rings (SSSR count). The number of anilines is 1. The molecular weight excluding hydrogens is 372 g/mol. The van der Waals surface area contributed by atoms with Gasteiger partial charge in [0.05, 0.1) is 5.75 Å². The number of nitrogens with zero attached hydrogens (tertiary/aromatic N) is 2. The van der Waals surface area contributed by atoms with Crippen LogP contribution in [0.3, 0.4) is 0 Å². The van der Waals surface area contributed by atoms with Crippen LogP contribution in [0.25, 0.3) is 0 Å². The molecular formula is C21H28N4O2S. The molecule has 0 aliphatic carbocycles. The van der Waals surface area contributed by atoms with Crippen LogP contribution in [-0.2, 0) is 28.7 Å². The van der Waals surface area contributed by atoms with E-state index >= 15 is 0 Å². The van der Waals surface area contributed by atoms with Gasteiger partial charge in [-0.05, 0) is 43.0 Å². The molecule has 0 atom stereocenters. The SMILES string of the molecule is CN=C(NCc1ccccc1CS(=O)(=O)NC(C)C)N1CCc2ccccc21. The summed E-state index contributed by atoms with van der Waals surface area (Å²) < 4.78 is 27.3. The summed E-state index contributed by atoms with van der Waals surface area (Å²) in [7, 11) is -1.60. The van der Waals surface area contributed by atoms with Gasteiger partial charge in [-0.3, -0.25) is 4.99 Å². The first kappa shape index (κ1) is 20.4. The van der Waals surface area contributed by atoms with Crippen LogP contribution in [0.2, 0.25) is 0 Å². The third-order valence-corrected chi connectivity index (χ3v) is 6.19. The number of para-hydroxylation sites is 1. The van der Waals surface area contributed by atoms with Crippen LogP contribution in [0.4, 0.5) is 5.69 Å². The van der Waals surface area contributed by atoms with Crippen molar-refractivity contribution in [2.45, 2.75) is 38.6 Å². The summed E-state index contributed by atoms with van der Waals surface area (Å²) in [5.41, 5.74) is 4.23. The van der Waals surface area contributed by atoms with Gasteiger partial charge >= 0.3 is 0 Å². The first-order valence-electron chi connectivity index (χ1n) is 9.52. The zero-order valence-corrected chi connectivity index (χ0v) is 17.5. The van der Waals surface area contributed by atoms with Crippen molar-refractivity contribution in [2.24, 2.45) is 4.99 Å². The van der Waals surface area contributed by atoms with Crippen LogP contribution in [0.1, 0.15) is 30.5 Å². The van der Waals surface area contributed by atoms with Crippen molar-refractivity contribution in [1.29, 1.82) is 0 Å². The molecule has 7 heteroatoms. The van der Waals surface area contributed by atoms with E-state index in [1.165, 1.54) is 11.3 Å². The Morgan fingerprint density at radius 1 is 1.11 bits per heavy atom. The average molecular weight is 401 g/mol. The lowest BCUT2D eigenvalue weighted by Crippen LogP contribution is -2.40. The number of nitrogens with one attached hydrogen (secondary N) is 2. The lowest BCUT2D eigenvalue weighted by molar-refractivity contribution is 0.568. The quantitative estimate of drug-likeness (QED) is 0.578. The van der Waals surface area contributed by atoms with Crippen molar-refractivity contribution in [3.8, 4) is 0 Å². The second kappa shape index (κ2) is 8.75. The Balaban J connectivity index is 1.73. The number of hydrogen-bond donors (Lipinski definition) is 2. The molecule has 0 fully saturated rings. The molecule has 28 heavy (non-hydrogen) atoms. The Morgan fingerprint density at radius 2 is 1.79 bits per heavy atom. The smallest absolute Gasteiger partial charge is 0.216 e. The fourth-order valence-corrected chi connectivity index (χ4v) is 5.00. The zero-order valence-electron chi connectivity index (χ0n) is 16.6. The van der Waals surface area contributed by atoms with Gasteiger partial charge in [0.25, 0.3) is 0 Å². The number of benzene rings is 2. The van der Waals surface area contributed by atoms with Gasteiger partial charge in [0, 0.05) is 31.9 Å². The molecule has 6 nitrogen and oxygen atoms in total. The van der Waals surface area contributed by atoms with Gasteiger partial charge in [-0.25, -0.2) is 13.1 Å². The Kier molecular flexibility index (Phi) is 6.36. The van der Waals surface area contributed by atoms with Crippen LogP contribution in [0, 0.1) is 0 Å². The summed E-state index contributed by atoms with van der Waals surface area (Å²) in [4.78, 5) is 6.60. The summed E-state index contributed by atoms with van der Waals surface area (Å²) >= 11 is 0. The van der Waals surface area contributed by atoms with Crippen molar-refractivity contribution in [3.63, 3.8) is 0 Å². The number of guanidine groups is 1. The normalized spacial score (nSPS) is 14.4. The molecule has 0 aromatic heterocycles. The van der Waals surface area contributed by atoms with E-state index < -0.39 is 10.0 Å². The summed E-state index contributed by atoms with van der Waals surface area (Å²) in [5, 5.41) is 3.40. The molecule has 0 bridgehead atoms. The molecule has 2 aromatic carbocycles. The highest BCUT2D eigenvalue weighted by Gasteiger charge is 2.22. The van der Waals surface area contributed by atoms with Gasteiger partial charge in [0.1, 0.15) is 0 Å².